The fraction of sp³-hybridized carbons (Fsp3) is 0.333. The van der Waals surface area contributed by atoms with Crippen molar-refractivity contribution in [2.24, 2.45) is 5.73 Å². The molecule has 0 aliphatic heterocycles. The van der Waals surface area contributed by atoms with Crippen molar-refractivity contribution in [1.29, 1.82) is 0 Å². The van der Waals surface area contributed by atoms with E-state index >= 15 is 0 Å². The summed E-state index contributed by atoms with van der Waals surface area (Å²) >= 11 is 1.31. The topological polar surface area (TPSA) is 55.0 Å². The minimum atomic E-state index is -0.218. The predicted octanol–water partition coefficient (Wildman–Crippen LogP) is 1.66. The highest BCUT2D eigenvalue weighted by molar-refractivity contribution is 7.09. The zero-order valence-electron chi connectivity index (χ0n) is 10.1. The first kappa shape index (κ1) is 12.9. The minimum Gasteiger partial charge on any atom is -0.349 e. The number of likely N-dealkylation sites (N-methyl/N-ethyl adjacent to an activating group) is 1. The van der Waals surface area contributed by atoms with E-state index in [0.717, 1.165) is 11.7 Å². The lowest BCUT2D eigenvalue weighted by Gasteiger charge is -2.12. The van der Waals surface area contributed by atoms with Gasteiger partial charge in [0.05, 0.1) is 0 Å². The van der Waals surface area contributed by atoms with Crippen LogP contribution in [-0.2, 0) is 6.42 Å². The summed E-state index contributed by atoms with van der Waals surface area (Å²) in [4.78, 5) is 6.32. The molecule has 0 radical (unpaired) electrons. The van der Waals surface area contributed by atoms with Crippen molar-refractivity contribution in [3.8, 4) is 0 Å². The average Bonchev–Trinajstić information content (AvgIpc) is 2.81. The van der Waals surface area contributed by atoms with Gasteiger partial charge in [-0.25, -0.2) is 9.37 Å². The predicted molar refractivity (Wildman–Crippen MR) is 71.4 cm³/mol. The first-order valence-electron chi connectivity index (χ1n) is 5.68. The first-order chi connectivity index (χ1) is 8.70. The fourth-order valence-electron chi connectivity index (χ4n) is 1.57. The summed E-state index contributed by atoms with van der Waals surface area (Å²) in [7, 11) is 1.92. The molecule has 2 aromatic rings. The third-order valence-corrected chi connectivity index (χ3v) is 3.42. The van der Waals surface area contributed by atoms with Crippen molar-refractivity contribution in [2.45, 2.75) is 6.42 Å². The minimum absolute atomic E-state index is 0.218. The number of hydrogen-bond acceptors (Lipinski definition) is 5. The van der Waals surface area contributed by atoms with Gasteiger partial charge < -0.3 is 10.6 Å². The number of benzene rings is 1. The molecule has 0 saturated heterocycles. The highest BCUT2D eigenvalue weighted by Gasteiger charge is 2.10. The standard InChI is InChI=1S/C12H15FN4S/c1-17(7-6-14)12-15-11(16-18-12)8-9-4-2-3-5-10(9)13/h2-5H,6-8,14H2,1H3. The Morgan fingerprint density at radius 3 is 2.89 bits per heavy atom. The number of nitrogens with two attached hydrogens (primary N) is 1. The molecule has 6 heteroatoms. The van der Waals surface area contributed by atoms with Gasteiger partial charge in [0.1, 0.15) is 11.6 Å². The summed E-state index contributed by atoms with van der Waals surface area (Å²) in [6.45, 7) is 1.30. The molecule has 0 bridgehead atoms. The van der Waals surface area contributed by atoms with Crippen LogP contribution < -0.4 is 10.6 Å². The molecule has 0 amide bonds. The lowest BCUT2D eigenvalue weighted by molar-refractivity contribution is 0.612. The second-order valence-corrected chi connectivity index (χ2v) is 4.70. The van der Waals surface area contributed by atoms with Gasteiger partial charge in [-0.05, 0) is 11.6 Å². The Morgan fingerprint density at radius 2 is 2.17 bits per heavy atom. The number of rotatable bonds is 5. The van der Waals surface area contributed by atoms with E-state index in [4.69, 9.17) is 5.73 Å². The van der Waals surface area contributed by atoms with Crippen LogP contribution in [0.25, 0.3) is 0 Å². The van der Waals surface area contributed by atoms with Gasteiger partial charge in [-0.1, -0.05) is 18.2 Å². The highest BCUT2D eigenvalue weighted by atomic mass is 32.1. The van der Waals surface area contributed by atoms with Gasteiger partial charge in [-0.3, -0.25) is 0 Å². The van der Waals surface area contributed by atoms with E-state index in [-0.39, 0.29) is 5.82 Å². The van der Waals surface area contributed by atoms with Gasteiger partial charge in [0.2, 0.25) is 5.13 Å². The lowest BCUT2D eigenvalue weighted by Crippen LogP contribution is -2.24. The molecule has 0 aliphatic rings. The first-order valence-corrected chi connectivity index (χ1v) is 6.45. The SMILES string of the molecule is CN(CCN)c1nc(Cc2ccccc2F)ns1. The molecule has 0 saturated carbocycles. The normalized spacial score (nSPS) is 10.6. The van der Waals surface area contributed by atoms with Crippen molar-refractivity contribution in [2.75, 3.05) is 25.0 Å². The van der Waals surface area contributed by atoms with E-state index in [0.29, 0.717) is 24.4 Å². The Balaban J connectivity index is 2.09. The molecule has 2 rings (SSSR count). The van der Waals surface area contributed by atoms with E-state index in [1.54, 1.807) is 12.1 Å². The van der Waals surface area contributed by atoms with E-state index in [1.165, 1.54) is 17.6 Å². The quantitative estimate of drug-likeness (QED) is 0.894. The molecule has 0 unspecified atom stereocenters. The molecule has 2 N–H and O–H groups in total. The van der Waals surface area contributed by atoms with Crippen LogP contribution in [0.4, 0.5) is 9.52 Å². The van der Waals surface area contributed by atoms with Crippen LogP contribution in [-0.4, -0.2) is 29.5 Å². The van der Waals surface area contributed by atoms with Gasteiger partial charge in [-0.2, -0.15) is 4.37 Å². The van der Waals surface area contributed by atoms with Crippen LogP contribution >= 0.6 is 11.5 Å². The summed E-state index contributed by atoms with van der Waals surface area (Å²) in [6, 6.07) is 6.68. The van der Waals surface area contributed by atoms with Crippen LogP contribution in [0.2, 0.25) is 0 Å². The molecule has 1 aromatic heterocycles. The monoisotopic (exact) mass is 266 g/mol. The summed E-state index contributed by atoms with van der Waals surface area (Å²) in [5.74, 6) is 0.424. The molecule has 1 heterocycles. The maximum Gasteiger partial charge on any atom is 0.204 e. The Bertz CT molecular complexity index is 514. The van der Waals surface area contributed by atoms with Crippen molar-refractivity contribution in [3.63, 3.8) is 0 Å². The zero-order valence-corrected chi connectivity index (χ0v) is 11.0. The van der Waals surface area contributed by atoms with Crippen molar-refractivity contribution in [3.05, 3.63) is 41.5 Å². The van der Waals surface area contributed by atoms with Crippen LogP contribution in [0.1, 0.15) is 11.4 Å². The van der Waals surface area contributed by atoms with Crippen LogP contribution in [0.15, 0.2) is 24.3 Å². The molecule has 0 spiro atoms. The molecule has 18 heavy (non-hydrogen) atoms. The molecule has 0 atom stereocenters. The van der Waals surface area contributed by atoms with E-state index in [9.17, 15) is 4.39 Å². The smallest absolute Gasteiger partial charge is 0.204 e. The molecule has 1 aromatic carbocycles. The van der Waals surface area contributed by atoms with Gasteiger partial charge in [0.15, 0.2) is 0 Å². The summed E-state index contributed by atoms with van der Waals surface area (Å²) in [5.41, 5.74) is 6.10. The van der Waals surface area contributed by atoms with Gasteiger partial charge in [-0.15, -0.1) is 0 Å². The number of anilines is 1. The number of hydrogen-bond donors (Lipinski definition) is 1. The Morgan fingerprint density at radius 1 is 1.39 bits per heavy atom. The van der Waals surface area contributed by atoms with Gasteiger partial charge in [0.25, 0.3) is 0 Å². The molecule has 4 nitrogen and oxygen atoms in total. The number of aromatic nitrogens is 2. The Kier molecular flexibility index (Phi) is 4.22. The number of halogens is 1. The largest absolute Gasteiger partial charge is 0.349 e. The van der Waals surface area contributed by atoms with E-state index < -0.39 is 0 Å². The Labute approximate surface area is 109 Å². The van der Waals surface area contributed by atoms with E-state index in [2.05, 4.69) is 9.36 Å². The molecular formula is C12H15FN4S. The third-order valence-electron chi connectivity index (χ3n) is 2.55. The average molecular weight is 266 g/mol. The van der Waals surface area contributed by atoms with Crippen molar-refractivity contribution < 1.29 is 4.39 Å². The summed E-state index contributed by atoms with van der Waals surface area (Å²) < 4.78 is 17.7. The fourth-order valence-corrected chi connectivity index (χ4v) is 2.24. The van der Waals surface area contributed by atoms with Crippen LogP contribution in [0, 0.1) is 5.82 Å². The van der Waals surface area contributed by atoms with Crippen LogP contribution in [0.5, 0.6) is 0 Å². The maximum atomic E-state index is 13.5. The zero-order chi connectivity index (χ0) is 13.0. The lowest BCUT2D eigenvalue weighted by atomic mass is 10.1. The second-order valence-electron chi connectivity index (χ2n) is 3.97. The van der Waals surface area contributed by atoms with Gasteiger partial charge in [0, 0.05) is 38.1 Å². The van der Waals surface area contributed by atoms with E-state index in [1.807, 2.05) is 18.0 Å². The molecule has 0 aliphatic carbocycles. The highest BCUT2D eigenvalue weighted by Crippen LogP contribution is 2.18. The third kappa shape index (κ3) is 3.02. The van der Waals surface area contributed by atoms with Crippen molar-refractivity contribution in [1.82, 2.24) is 9.36 Å². The summed E-state index contributed by atoms with van der Waals surface area (Å²) in [6.07, 6.45) is 0.416. The summed E-state index contributed by atoms with van der Waals surface area (Å²) in [5, 5.41) is 0.812. The second kappa shape index (κ2) is 5.88. The molecule has 96 valence electrons. The number of nitrogens with zero attached hydrogens (tertiary/aromatic N) is 3. The van der Waals surface area contributed by atoms with Gasteiger partial charge >= 0.3 is 0 Å². The Hall–Kier alpha value is -1.53. The van der Waals surface area contributed by atoms with Crippen LogP contribution in [0.3, 0.4) is 0 Å². The van der Waals surface area contributed by atoms with Crippen molar-refractivity contribution >= 4 is 16.7 Å². The molecular weight excluding hydrogens is 251 g/mol. The maximum absolute atomic E-state index is 13.5. The molecule has 0 fully saturated rings.